The summed E-state index contributed by atoms with van der Waals surface area (Å²) in [5.74, 6) is -0.293. The van der Waals surface area contributed by atoms with Crippen LogP contribution in [0, 0.1) is 5.41 Å². The first-order valence-corrected chi connectivity index (χ1v) is 8.61. The van der Waals surface area contributed by atoms with Crippen molar-refractivity contribution in [1.82, 2.24) is 14.7 Å². The highest BCUT2D eigenvalue weighted by Gasteiger charge is 2.32. The van der Waals surface area contributed by atoms with E-state index in [9.17, 15) is 9.59 Å². The van der Waals surface area contributed by atoms with Crippen molar-refractivity contribution in [2.75, 3.05) is 11.9 Å². The molecule has 1 N–H and O–H groups in total. The highest BCUT2D eigenvalue weighted by Crippen LogP contribution is 2.30. The molecule has 1 aliphatic rings. The first-order valence-electron chi connectivity index (χ1n) is 8.61. The Morgan fingerprint density at radius 2 is 1.96 bits per heavy atom. The first-order chi connectivity index (χ1) is 12.3. The Balaban J connectivity index is 1.82. The third-order valence-corrected chi connectivity index (χ3v) is 4.65. The molecule has 0 atom stereocenters. The topological polar surface area (TPSA) is 67.2 Å². The summed E-state index contributed by atoms with van der Waals surface area (Å²) < 4.78 is 1.90. The van der Waals surface area contributed by atoms with E-state index in [1.807, 2.05) is 22.8 Å². The van der Waals surface area contributed by atoms with E-state index in [-0.39, 0.29) is 17.2 Å². The number of benzene rings is 1. The van der Waals surface area contributed by atoms with Crippen LogP contribution in [0.15, 0.2) is 43.1 Å². The van der Waals surface area contributed by atoms with Crippen molar-refractivity contribution in [2.45, 2.75) is 26.8 Å². The van der Waals surface area contributed by atoms with E-state index in [2.05, 4.69) is 30.8 Å². The number of amides is 2. The monoisotopic (exact) mass is 352 g/mol. The van der Waals surface area contributed by atoms with Gasteiger partial charge in [0.25, 0.3) is 5.91 Å². The summed E-state index contributed by atoms with van der Waals surface area (Å²) in [7, 11) is 1.95. The Labute approximate surface area is 153 Å². The second-order valence-electron chi connectivity index (χ2n) is 7.51. The van der Waals surface area contributed by atoms with Gasteiger partial charge in [0.2, 0.25) is 5.91 Å². The molecule has 0 aliphatic carbocycles. The van der Waals surface area contributed by atoms with E-state index < -0.39 is 0 Å². The fourth-order valence-corrected chi connectivity index (χ4v) is 3.37. The van der Waals surface area contributed by atoms with Crippen LogP contribution in [-0.4, -0.2) is 33.0 Å². The largest absolute Gasteiger partial charge is 0.334 e. The van der Waals surface area contributed by atoms with Gasteiger partial charge in [0.15, 0.2) is 0 Å². The number of anilines is 1. The second kappa shape index (κ2) is 6.78. The Bertz CT molecular complexity index is 849. The molecular weight excluding hydrogens is 328 g/mol. The zero-order valence-electron chi connectivity index (χ0n) is 15.5. The number of hydrogen-bond acceptors (Lipinski definition) is 3. The Hall–Kier alpha value is -2.89. The van der Waals surface area contributed by atoms with Gasteiger partial charge in [0.05, 0.1) is 6.20 Å². The van der Waals surface area contributed by atoms with Crippen molar-refractivity contribution < 1.29 is 9.59 Å². The highest BCUT2D eigenvalue weighted by atomic mass is 16.2. The van der Waals surface area contributed by atoms with Crippen LogP contribution in [0.4, 0.5) is 5.69 Å². The lowest BCUT2D eigenvalue weighted by Crippen LogP contribution is -2.37. The van der Waals surface area contributed by atoms with Crippen molar-refractivity contribution in [3.8, 4) is 0 Å². The van der Waals surface area contributed by atoms with E-state index in [0.717, 1.165) is 12.0 Å². The predicted octanol–water partition coefficient (Wildman–Crippen LogP) is 2.77. The molecule has 0 radical (unpaired) electrons. The number of fused-ring (bicyclic) bond motifs is 1. The first kappa shape index (κ1) is 17.9. The zero-order valence-corrected chi connectivity index (χ0v) is 15.5. The van der Waals surface area contributed by atoms with E-state index >= 15 is 0 Å². The summed E-state index contributed by atoms with van der Waals surface area (Å²) in [6, 6.07) is 6.94. The number of rotatable bonds is 3. The minimum Gasteiger partial charge on any atom is -0.334 e. The van der Waals surface area contributed by atoms with Crippen LogP contribution in [0.3, 0.4) is 0 Å². The maximum absolute atomic E-state index is 13.0. The Morgan fingerprint density at radius 3 is 2.62 bits per heavy atom. The fourth-order valence-electron chi connectivity index (χ4n) is 3.37. The van der Waals surface area contributed by atoms with Gasteiger partial charge in [-0.1, -0.05) is 20.4 Å². The van der Waals surface area contributed by atoms with Crippen molar-refractivity contribution in [3.05, 3.63) is 59.9 Å². The molecule has 6 nitrogen and oxygen atoms in total. The normalized spacial score (nSPS) is 15.7. The maximum Gasteiger partial charge on any atom is 0.254 e. The van der Waals surface area contributed by atoms with Gasteiger partial charge in [-0.2, -0.15) is 5.10 Å². The number of carbonyl (C=O) groups is 2. The molecule has 0 unspecified atom stereocenters. The van der Waals surface area contributed by atoms with Gasteiger partial charge in [0, 0.05) is 42.6 Å². The lowest BCUT2D eigenvalue weighted by molar-refractivity contribution is -0.111. The molecule has 6 heteroatoms. The Kier molecular flexibility index (Phi) is 4.68. The van der Waals surface area contributed by atoms with E-state index in [1.54, 1.807) is 24.3 Å². The lowest BCUT2D eigenvalue weighted by atomic mass is 9.87. The van der Waals surface area contributed by atoms with Gasteiger partial charge in [-0.3, -0.25) is 14.3 Å². The van der Waals surface area contributed by atoms with Gasteiger partial charge in [-0.05, 0) is 42.2 Å². The van der Waals surface area contributed by atoms with E-state index in [1.165, 1.54) is 11.8 Å². The second-order valence-corrected chi connectivity index (χ2v) is 7.51. The van der Waals surface area contributed by atoms with E-state index in [0.29, 0.717) is 24.3 Å². The van der Waals surface area contributed by atoms with Crippen LogP contribution in [0.2, 0.25) is 0 Å². The number of carbonyl (C=O) groups excluding carboxylic acids is 2. The van der Waals surface area contributed by atoms with E-state index in [4.69, 9.17) is 0 Å². The molecule has 1 aromatic carbocycles. The summed E-state index contributed by atoms with van der Waals surface area (Å²) >= 11 is 0. The SMILES string of the molecule is C=CC(=O)Nc1ccc(C(=O)N2Cc3cnn(C)c3CC(C)(C)C2)cc1. The van der Waals surface area contributed by atoms with Crippen molar-refractivity contribution in [2.24, 2.45) is 12.5 Å². The molecule has 0 saturated carbocycles. The van der Waals surface area contributed by atoms with Crippen LogP contribution >= 0.6 is 0 Å². The number of nitrogens with one attached hydrogen (secondary N) is 1. The predicted molar refractivity (Wildman–Crippen MR) is 101 cm³/mol. The lowest BCUT2D eigenvalue weighted by Gasteiger charge is -2.29. The van der Waals surface area contributed by atoms with Gasteiger partial charge in [-0.25, -0.2) is 0 Å². The summed E-state index contributed by atoms with van der Waals surface area (Å²) in [6.07, 6.45) is 3.95. The van der Waals surface area contributed by atoms with Crippen LogP contribution in [-0.2, 0) is 24.8 Å². The molecule has 3 rings (SSSR count). The number of nitrogens with zero attached hydrogens (tertiary/aromatic N) is 3. The smallest absolute Gasteiger partial charge is 0.254 e. The van der Waals surface area contributed by atoms with Gasteiger partial charge in [0.1, 0.15) is 0 Å². The minimum absolute atomic E-state index is 0.0172. The van der Waals surface area contributed by atoms with Crippen LogP contribution in [0.1, 0.15) is 35.5 Å². The summed E-state index contributed by atoms with van der Waals surface area (Å²) in [5, 5.41) is 7.03. The average molecular weight is 352 g/mol. The van der Waals surface area contributed by atoms with Crippen LogP contribution < -0.4 is 5.32 Å². The summed E-state index contributed by atoms with van der Waals surface area (Å²) in [5.41, 5.74) is 3.49. The van der Waals surface area contributed by atoms with Gasteiger partial charge < -0.3 is 10.2 Å². The van der Waals surface area contributed by atoms with Crippen LogP contribution in [0.5, 0.6) is 0 Å². The molecule has 0 saturated heterocycles. The number of hydrogen-bond donors (Lipinski definition) is 1. The quantitative estimate of drug-likeness (QED) is 0.864. The molecule has 2 aromatic rings. The van der Waals surface area contributed by atoms with Crippen LogP contribution in [0.25, 0.3) is 0 Å². The molecule has 0 bridgehead atoms. The molecule has 1 aliphatic heterocycles. The molecule has 2 amide bonds. The fraction of sp³-hybridized carbons (Fsp3) is 0.350. The summed E-state index contributed by atoms with van der Waals surface area (Å²) in [6.45, 7) is 9.00. The minimum atomic E-state index is -0.276. The summed E-state index contributed by atoms with van der Waals surface area (Å²) in [4.78, 5) is 26.3. The Morgan fingerprint density at radius 1 is 1.27 bits per heavy atom. The number of aromatic nitrogens is 2. The third-order valence-electron chi connectivity index (χ3n) is 4.65. The molecule has 0 fully saturated rings. The van der Waals surface area contributed by atoms with Crippen molar-refractivity contribution in [1.29, 1.82) is 0 Å². The number of aryl methyl sites for hydroxylation is 1. The molecular formula is C20H24N4O2. The van der Waals surface area contributed by atoms with Gasteiger partial charge in [-0.15, -0.1) is 0 Å². The zero-order chi connectivity index (χ0) is 18.9. The highest BCUT2D eigenvalue weighted by molar-refractivity contribution is 5.99. The molecule has 1 aromatic heterocycles. The van der Waals surface area contributed by atoms with Gasteiger partial charge >= 0.3 is 0 Å². The standard InChI is InChI=1S/C20H24N4O2/c1-5-18(25)22-16-8-6-14(7-9-16)19(26)24-12-15-11-21-23(4)17(15)10-20(2,3)13-24/h5-9,11H,1,10,12-13H2,2-4H3,(H,22,25). The maximum atomic E-state index is 13.0. The van der Waals surface area contributed by atoms with Crippen molar-refractivity contribution in [3.63, 3.8) is 0 Å². The van der Waals surface area contributed by atoms with Crippen molar-refractivity contribution >= 4 is 17.5 Å². The molecule has 0 spiro atoms. The molecule has 2 heterocycles. The molecule has 26 heavy (non-hydrogen) atoms. The third kappa shape index (κ3) is 3.69. The average Bonchev–Trinajstić information content (AvgIpc) is 2.86. The molecule has 136 valence electrons.